The highest BCUT2D eigenvalue weighted by atomic mass is 79.9. The van der Waals surface area contributed by atoms with Crippen LogP contribution in [0.1, 0.15) is 23.4 Å². The van der Waals surface area contributed by atoms with E-state index >= 15 is 0 Å². The molecule has 0 unspecified atom stereocenters. The number of amides is 1. The molecule has 110 valence electrons. The van der Waals surface area contributed by atoms with Crippen LogP contribution in [0, 0.1) is 0 Å². The Balaban J connectivity index is 1.99. The van der Waals surface area contributed by atoms with E-state index in [9.17, 15) is 4.79 Å². The number of nitrogens with one attached hydrogen (secondary N) is 1. The van der Waals surface area contributed by atoms with Gasteiger partial charge in [0.1, 0.15) is 5.75 Å². The molecule has 0 fully saturated rings. The minimum absolute atomic E-state index is 0.0762. The van der Waals surface area contributed by atoms with Gasteiger partial charge in [-0.25, -0.2) is 0 Å². The Morgan fingerprint density at radius 1 is 1.43 bits per heavy atom. The molecule has 2 aromatic rings. The first-order chi connectivity index (χ1) is 10.1. The first-order valence-electron chi connectivity index (χ1n) is 6.45. The van der Waals surface area contributed by atoms with Crippen LogP contribution in [0.15, 0.2) is 46.3 Å². The van der Waals surface area contributed by atoms with Crippen LogP contribution in [-0.4, -0.2) is 13.0 Å². The largest absolute Gasteiger partial charge is 0.496 e. The van der Waals surface area contributed by atoms with Gasteiger partial charge >= 0.3 is 0 Å². The number of methoxy groups -OCH3 is 1. The average Bonchev–Trinajstić information content (AvgIpc) is 2.98. The number of halogens is 1. The number of hydrogen-bond acceptors (Lipinski definition) is 3. The van der Waals surface area contributed by atoms with Gasteiger partial charge in [-0.2, -0.15) is 0 Å². The number of benzene rings is 1. The maximum absolute atomic E-state index is 11.9. The standard InChI is InChI=1S/C16H16BrNO2S/c1-11(12-5-7-15(20-2)14(17)10-12)18-16(19)8-6-13-4-3-9-21-13/h3-11H,1-2H3,(H,18,19)/b8-6+/t11-/m1/s1. The van der Waals surface area contributed by atoms with Gasteiger partial charge in [0, 0.05) is 11.0 Å². The lowest BCUT2D eigenvalue weighted by Crippen LogP contribution is -2.24. The summed E-state index contributed by atoms with van der Waals surface area (Å²) in [6.45, 7) is 1.95. The van der Waals surface area contributed by atoms with Crippen molar-refractivity contribution in [1.29, 1.82) is 0 Å². The molecule has 1 atom stereocenters. The monoisotopic (exact) mass is 365 g/mol. The van der Waals surface area contributed by atoms with Crippen LogP contribution in [0.5, 0.6) is 5.75 Å². The number of thiophene rings is 1. The first-order valence-corrected chi connectivity index (χ1v) is 8.13. The smallest absolute Gasteiger partial charge is 0.244 e. The van der Waals surface area contributed by atoms with Crippen LogP contribution >= 0.6 is 27.3 Å². The molecule has 0 aliphatic rings. The topological polar surface area (TPSA) is 38.3 Å². The quantitative estimate of drug-likeness (QED) is 0.796. The minimum Gasteiger partial charge on any atom is -0.496 e. The highest BCUT2D eigenvalue weighted by Gasteiger charge is 2.10. The number of rotatable bonds is 5. The molecular weight excluding hydrogens is 350 g/mol. The Hall–Kier alpha value is -1.59. The third-order valence-corrected chi connectivity index (χ3v) is 4.43. The Kier molecular flexibility index (Phi) is 5.59. The van der Waals surface area contributed by atoms with Crippen molar-refractivity contribution >= 4 is 39.2 Å². The minimum atomic E-state index is -0.108. The van der Waals surface area contributed by atoms with E-state index in [1.807, 2.05) is 48.7 Å². The van der Waals surface area contributed by atoms with Gasteiger partial charge in [-0.1, -0.05) is 12.1 Å². The van der Waals surface area contributed by atoms with Crippen molar-refractivity contribution in [3.05, 3.63) is 56.7 Å². The zero-order valence-corrected chi connectivity index (χ0v) is 14.2. The van der Waals surface area contributed by atoms with E-state index in [2.05, 4.69) is 21.2 Å². The van der Waals surface area contributed by atoms with Crippen LogP contribution < -0.4 is 10.1 Å². The molecular formula is C16H16BrNO2S. The van der Waals surface area contributed by atoms with Crippen LogP contribution in [0.25, 0.3) is 6.08 Å². The van der Waals surface area contributed by atoms with Gasteiger partial charge in [0.15, 0.2) is 0 Å². The van der Waals surface area contributed by atoms with Gasteiger partial charge in [0.05, 0.1) is 17.6 Å². The molecule has 1 N–H and O–H groups in total. The molecule has 0 spiro atoms. The van der Waals surface area contributed by atoms with Crippen LogP contribution in [0.4, 0.5) is 0 Å². The second-order valence-electron chi connectivity index (χ2n) is 4.47. The van der Waals surface area contributed by atoms with Crippen LogP contribution in [-0.2, 0) is 4.79 Å². The maximum atomic E-state index is 11.9. The molecule has 0 radical (unpaired) electrons. The van der Waals surface area contributed by atoms with E-state index in [0.717, 1.165) is 20.7 Å². The summed E-state index contributed by atoms with van der Waals surface area (Å²) in [5.41, 5.74) is 1.01. The summed E-state index contributed by atoms with van der Waals surface area (Å²) >= 11 is 5.05. The average molecular weight is 366 g/mol. The number of carbonyl (C=O) groups is 1. The van der Waals surface area contributed by atoms with Crippen molar-refractivity contribution in [2.45, 2.75) is 13.0 Å². The fourth-order valence-corrected chi connectivity index (χ4v) is 3.02. The maximum Gasteiger partial charge on any atom is 0.244 e. The number of ether oxygens (including phenoxy) is 1. The predicted molar refractivity (Wildman–Crippen MR) is 90.6 cm³/mol. The third kappa shape index (κ3) is 4.44. The predicted octanol–water partition coefficient (Wildman–Crippen LogP) is 4.41. The molecule has 0 aliphatic carbocycles. The summed E-state index contributed by atoms with van der Waals surface area (Å²) in [5.74, 6) is 0.665. The summed E-state index contributed by atoms with van der Waals surface area (Å²) < 4.78 is 6.07. The molecule has 5 heteroatoms. The molecule has 21 heavy (non-hydrogen) atoms. The summed E-state index contributed by atoms with van der Waals surface area (Å²) in [4.78, 5) is 13.0. The Labute approximate surface area is 136 Å². The highest BCUT2D eigenvalue weighted by molar-refractivity contribution is 9.10. The highest BCUT2D eigenvalue weighted by Crippen LogP contribution is 2.27. The van der Waals surface area contributed by atoms with Gasteiger partial charge < -0.3 is 10.1 Å². The van der Waals surface area contributed by atoms with Gasteiger partial charge in [-0.3, -0.25) is 4.79 Å². The van der Waals surface area contributed by atoms with Crippen molar-refractivity contribution in [3.63, 3.8) is 0 Å². The second-order valence-corrected chi connectivity index (χ2v) is 6.31. The normalized spacial score (nSPS) is 12.3. The first kappa shape index (κ1) is 15.8. The number of carbonyl (C=O) groups excluding carboxylic acids is 1. The zero-order valence-electron chi connectivity index (χ0n) is 11.8. The van der Waals surface area contributed by atoms with E-state index < -0.39 is 0 Å². The molecule has 0 aliphatic heterocycles. The van der Waals surface area contributed by atoms with Crippen molar-refractivity contribution in [2.75, 3.05) is 7.11 Å². The molecule has 1 amide bonds. The molecule has 0 saturated carbocycles. The third-order valence-electron chi connectivity index (χ3n) is 2.98. The van der Waals surface area contributed by atoms with Gasteiger partial charge in [-0.05, 0) is 58.1 Å². The van der Waals surface area contributed by atoms with Crippen molar-refractivity contribution < 1.29 is 9.53 Å². The number of hydrogen-bond donors (Lipinski definition) is 1. The SMILES string of the molecule is COc1ccc([C@@H](C)NC(=O)/C=C/c2cccs2)cc1Br. The van der Waals surface area contributed by atoms with E-state index in [1.54, 1.807) is 24.5 Å². The Bertz CT molecular complexity index is 638. The fourth-order valence-electron chi connectivity index (χ4n) is 1.84. The van der Waals surface area contributed by atoms with Crippen molar-refractivity contribution in [1.82, 2.24) is 5.32 Å². The Morgan fingerprint density at radius 2 is 2.24 bits per heavy atom. The summed E-state index contributed by atoms with van der Waals surface area (Å²) in [6.07, 6.45) is 3.37. The summed E-state index contributed by atoms with van der Waals surface area (Å²) in [5, 5.41) is 4.92. The van der Waals surface area contributed by atoms with Crippen molar-refractivity contribution in [3.8, 4) is 5.75 Å². The summed E-state index contributed by atoms with van der Waals surface area (Å²) in [7, 11) is 1.63. The fraction of sp³-hybridized carbons (Fsp3) is 0.188. The lowest BCUT2D eigenvalue weighted by Gasteiger charge is -2.14. The van der Waals surface area contributed by atoms with E-state index in [-0.39, 0.29) is 11.9 Å². The van der Waals surface area contributed by atoms with Gasteiger partial charge in [0.25, 0.3) is 0 Å². The van der Waals surface area contributed by atoms with Gasteiger partial charge in [0.2, 0.25) is 5.91 Å². The second kappa shape index (κ2) is 7.43. The molecule has 3 nitrogen and oxygen atoms in total. The molecule has 0 saturated heterocycles. The summed E-state index contributed by atoms with van der Waals surface area (Å²) in [6, 6.07) is 9.62. The van der Waals surface area contributed by atoms with Crippen molar-refractivity contribution in [2.24, 2.45) is 0 Å². The van der Waals surface area contributed by atoms with E-state index in [4.69, 9.17) is 4.74 Å². The molecule has 1 aromatic carbocycles. The lowest BCUT2D eigenvalue weighted by molar-refractivity contribution is -0.117. The molecule has 2 rings (SSSR count). The Morgan fingerprint density at radius 3 is 2.86 bits per heavy atom. The zero-order chi connectivity index (χ0) is 15.2. The lowest BCUT2D eigenvalue weighted by atomic mass is 10.1. The van der Waals surface area contributed by atoms with E-state index in [0.29, 0.717) is 0 Å². The van der Waals surface area contributed by atoms with Crippen LogP contribution in [0.2, 0.25) is 0 Å². The van der Waals surface area contributed by atoms with Crippen LogP contribution in [0.3, 0.4) is 0 Å². The molecule has 1 heterocycles. The molecule has 0 bridgehead atoms. The van der Waals surface area contributed by atoms with E-state index in [1.165, 1.54) is 0 Å². The molecule has 1 aromatic heterocycles. The van der Waals surface area contributed by atoms with Gasteiger partial charge in [-0.15, -0.1) is 11.3 Å².